The first-order valence-electron chi connectivity index (χ1n) is 5.60. The lowest BCUT2D eigenvalue weighted by Gasteiger charge is -1.97. The minimum atomic E-state index is -0.0154. The van der Waals surface area contributed by atoms with Gasteiger partial charge >= 0.3 is 0 Å². The highest BCUT2D eigenvalue weighted by Gasteiger charge is 2.08. The Kier molecular flexibility index (Phi) is 4.15. The molecule has 18 heavy (non-hydrogen) atoms. The van der Waals surface area contributed by atoms with E-state index in [1.807, 2.05) is 24.3 Å². The first-order valence-corrected chi connectivity index (χ1v) is 6.39. The van der Waals surface area contributed by atoms with Crippen LogP contribution in [0.3, 0.4) is 0 Å². The number of nitrogens with one attached hydrogen (secondary N) is 1. The third kappa shape index (κ3) is 3.20. The van der Waals surface area contributed by atoms with Crippen LogP contribution in [0, 0.1) is 0 Å². The van der Waals surface area contributed by atoms with E-state index in [1.54, 1.807) is 13.2 Å². The number of hydrogen-bond acceptors (Lipinski definition) is 3. The molecule has 0 radical (unpaired) electrons. The number of carbonyl (C=O) groups is 1. The number of aromatic nitrogens is 1. The van der Waals surface area contributed by atoms with Crippen LogP contribution in [0.4, 0.5) is 0 Å². The second kappa shape index (κ2) is 5.82. The van der Waals surface area contributed by atoms with Crippen LogP contribution in [0.15, 0.2) is 39.4 Å². The molecule has 0 aliphatic heterocycles. The molecule has 0 fully saturated rings. The Morgan fingerprint density at radius 3 is 2.78 bits per heavy atom. The zero-order valence-corrected chi connectivity index (χ0v) is 11.5. The number of nitrogens with zero attached hydrogens (tertiary/aromatic N) is 1. The van der Waals surface area contributed by atoms with Gasteiger partial charge in [-0.05, 0) is 12.1 Å². The number of oxazole rings is 1. The van der Waals surface area contributed by atoms with E-state index in [2.05, 4.69) is 26.2 Å². The van der Waals surface area contributed by atoms with Crippen LogP contribution < -0.4 is 5.32 Å². The Morgan fingerprint density at radius 2 is 2.11 bits per heavy atom. The third-order valence-corrected chi connectivity index (χ3v) is 3.06. The maximum Gasteiger partial charge on any atom is 0.220 e. The number of amides is 1. The lowest BCUT2D eigenvalue weighted by Crippen LogP contribution is -2.17. The predicted molar refractivity (Wildman–Crippen MR) is 72.0 cm³/mol. The number of aryl methyl sites for hydroxylation is 1. The molecule has 0 unspecified atom stereocenters. The molecule has 1 aromatic carbocycles. The van der Waals surface area contributed by atoms with E-state index in [0.717, 1.165) is 15.8 Å². The van der Waals surface area contributed by atoms with Gasteiger partial charge in [-0.15, -0.1) is 0 Å². The summed E-state index contributed by atoms with van der Waals surface area (Å²) in [6.07, 6.45) is 2.58. The second-order valence-electron chi connectivity index (χ2n) is 3.80. The van der Waals surface area contributed by atoms with Gasteiger partial charge in [-0.25, -0.2) is 4.98 Å². The van der Waals surface area contributed by atoms with E-state index in [0.29, 0.717) is 18.7 Å². The molecule has 1 heterocycles. The van der Waals surface area contributed by atoms with Crippen molar-refractivity contribution in [2.45, 2.75) is 12.8 Å². The topological polar surface area (TPSA) is 55.1 Å². The van der Waals surface area contributed by atoms with Gasteiger partial charge in [-0.2, -0.15) is 0 Å². The van der Waals surface area contributed by atoms with Crippen molar-refractivity contribution in [3.63, 3.8) is 0 Å². The molecule has 0 saturated carbocycles. The average molecular weight is 309 g/mol. The van der Waals surface area contributed by atoms with Crippen LogP contribution in [0.2, 0.25) is 0 Å². The highest BCUT2D eigenvalue weighted by molar-refractivity contribution is 9.10. The second-order valence-corrected chi connectivity index (χ2v) is 4.71. The van der Waals surface area contributed by atoms with Gasteiger partial charge in [-0.3, -0.25) is 4.79 Å². The van der Waals surface area contributed by atoms with E-state index >= 15 is 0 Å². The highest BCUT2D eigenvalue weighted by atomic mass is 79.9. The molecule has 2 aromatic rings. The molecule has 0 aliphatic rings. The van der Waals surface area contributed by atoms with Gasteiger partial charge < -0.3 is 9.73 Å². The fourth-order valence-electron chi connectivity index (χ4n) is 1.52. The van der Waals surface area contributed by atoms with Crippen molar-refractivity contribution in [3.8, 4) is 11.3 Å². The molecule has 5 heteroatoms. The number of halogens is 1. The summed E-state index contributed by atoms with van der Waals surface area (Å²) in [7, 11) is 1.62. The molecule has 0 atom stereocenters. The van der Waals surface area contributed by atoms with Gasteiger partial charge in [0.05, 0.1) is 6.20 Å². The molecular weight excluding hydrogens is 296 g/mol. The van der Waals surface area contributed by atoms with Crippen molar-refractivity contribution >= 4 is 21.8 Å². The zero-order valence-electron chi connectivity index (χ0n) is 9.94. The van der Waals surface area contributed by atoms with E-state index in [9.17, 15) is 4.79 Å². The molecule has 0 spiro atoms. The maximum absolute atomic E-state index is 11.1. The van der Waals surface area contributed by atoms with Crippen molar-refractivity contribution in [3.05, 3.63) is 40.8 Å². The molecule has 1 amide bonds. The fraction of sp³-hybridized carbons (Fsp3) is 0.231. The van der Waals surface area contributed by atoms with Crippen molar-refractivity contribution in [1.82, 2.24) is 10.3 Å². The standard InChI is InChI=1S/C13H13BrN2O2/c1-15-12(17)6-7-13-16-8-11(18-13)9-2-4-10(14)5-3-9/h2-5,8H,6-7H2,1H3,(H,15,17). The van der Waals surface area contributed by atoms with Crippen LogP contribution >= 0.6 is 15.9 Å². The van der Waals surface area contributed by atoms with Crippen LogP contribution in [0.25, 0.3) is 11.3 Å². The molecule has 1 N–H and O–H groups in total. The molecule has 0 bridgehead atoms. The predicted octanol–water partition coefficient (Wildman–Crippen LogP) is 2.78. The van der Waals surface area contributed by atoms with Gasteiger partial charge in [0, 0.05) is 29.9 Å². The summed E-state index contributed by atoms with van der Waals surface area (Å²) in [6, 6.07) is 7.80. The quantitative estimate of drug-likeness (QED) is 0.945. The van der Waals surface area contributed by atoms with Gasteiger partial charge in [0.2, 0.25) is 5.91 Å². The Bertz CT molecular complexity index is 534. The molecule has 2 rings (SSSR count). The molecule has 0 saturated heterocycles. The Labute approximate surface area is 114 Å². The molecule has 94 valence electrons. The Balaban J connectivity index is 2.06. The summed E-state index contributed by atoms with van der Waals surface area (Å²) in [5.41, 5.74) is 0.969. The maximum atomic E-state index is 11.1. The molecular formula is C13H13BrN2O2. The molecule has 4 nitrogen and oxygen atoms in total. The van der Waals surface area contributed by atoms with Gasteiger partial charge in [0.25, 0.3) is 0 Å². The van der Waals surface area contributed by atoms with E-state index in [-0.39, 0.29) is 5.91 Å². The highest BCUT2D eigenvalue weighted by Crippen LogP contribution is 2.22. The number of carbonyl (C=O) groups excluding carboxylic acids is 1. The van der Waals surface area contributed by atoms with E-state index < -0.39 is 0 Å². The van der Waals surface area contributed by atoms with Gasteiger partial charge in [0.1, 0.15) is 0 Å². The van der Waals surface area contributed by atoms with Crippen molar-refractivity contribution in [2.24, 2.45) is 0 Å². The van der Waals surface area contributed by atoms with Crippen LogP contribution in [-0.2, 0) is 11.2 Å². The van der Waals surface area contributed by atoms with E-state index in [4.69, 9.17) is 4.42 Å². The van der Waals surface area contributed by atoms with Crippen LogP contribution in [0.1, 0.15) is 12.3 Å². The summed E-state index contributed by atoms with van der Waals surface area (Å²) in [4.78, 5) is 15.3. The molecule has 0 aliphatic carbocycles. The minimum absolute atomic E-state index is 0.0154. The monoisotopic (exact) mass is 308 g/mol. The van der Waals surface area contributed by atoms with Gasteiger partial charge in [0.15, 0.2) is 11.7 Å². The summed E-state index contributed by atoms with van der Waals surface area (Å²) in [5, 5.41) is 2.57. The summed E-state index contributed by atoms with van der Waals surface area (Å²) in [5.74, 6) is 1.28. The fourth-order valence-corrected chi connectivity index (χ4v) is 1.78. The number of benzene rings is 1. The van der Waals surface area contributed by atoms with Crippen LogP contribution in [0.5, 0.6) is 0 Å². The van der Waals surface area contributed by atoms with Crippen molar-refractivity contribution < 1.29 is 9.21 Å². The summed E-state index contributed by atoms with van der Waals surface area (Å²) in [6.45, 7) is 0. The largest absolute Gasteiger partial charge is 0.441 e. The smallest absolute Gasteiger partial charge is 0.220 e. The number of rotatable bonds is 4. The van der Waals surface area contributed by atoms with Crippen molar-refractivity contribution in [2.75, 3.05) is 7.05 Å². The summed E-state index contributed by atoms with van der Waals surface area (Å²) < 4.78 is 6.62. The SMILES string of the molecule is CNC(=O)CCc1ncc(-c2ccc(Br)cc2)o1. The minimum Gasteiger partial charge on any atom is -0.441 e. The first kappa shape index (κ1) is 12.8. The Hall–Kier alpha value is -1.62. The third-order valence-electron chi connectivity index (χ3n) is 2.53. The van der Waals surface area contributed by atoms with Crippen LogP contribution in [-0.4, -0.2) is 17.9 Å². The first-order chi connectivity index (χ1) is 8.69. The normalized spacial score (nSPS) is 10.3. The average Bonchev–Trinajstić information content (AvgIpc) is 2.85. The lowest BCUT2D eigenvalue weighted by molar-refractivity contribution is -0.120. The molecule has 1 aromatic heterocycles. The summed E-state index contributed by atoms with van der Waals surface area (Å²) >= 11 is 3.38. The zero-order chi connectivity index (χ0) is 13.0. The number of hydrogen-bond donors (Lipinski definition) is 1. The van der Waals surface area contributed by atoms with Crippen molar-refractivity contribution in [1.29, 1.82) is 0 Å². The van der Waals surface area contributed by atoms with Gasteiger partial charge in [-0.1, -0.05) is 28.1 Å². The lowest BCUT2D eigenvalue weighted by atomic mass is 10.2. The van der Waals surface area contributed by atoms with E-state index in [1.165, 1.54) is 0 Å². The Morgan fingerprint density at radius 1 is 1.39 bits per heavy atom.